The van der Waals surface area contributed by atoms with Gasteiger partial charge in [0.25, 0.3) is 0 Å². The summed E-state index contributed by atoms with van der Waals surface area (Å²) >= 11 is 6.11. The van der Waals surface area contributed by atoms with Crippen LogP contribution in [0.4, 0.5) is 0 Å². The number of pyridine rings is 1. The molecule has 0 bridgehead atoms. The Labute approximate surface area is 126 Å². The average molecular weight is 301 g/mol. The van der Waals surface area contributed by atoms with E-state index in [2.05, 4.69) is 24.1 Å². The van der Waals surface area contributed by atoms with Gasteiger partial charge in [0.2, 0.25) is 5.88 Å². The molecule has 1 heterocycles. The number of halogens is 1. The summed E-state index contributed by atoms with van der Waals surface area (Å²) < 4.78 is 11.0. The molecule has 5 heteroatoms. The molecule has 0 saturated heterocycles. The molecule has 0 saturated carbocycles. The quantitative estimate of drug-likeness (QED) is 0.636. The lowest BCUT2D eigenvalue weighted by Gasteiger charge is -2.09. The van der Waals surface area contributed by atoms with Gasteiger partial charge in [-0.1, -0.05) is 31.9 Å². The number of hydrogen-bond donors (Lipinski definition) is 1. The summed E-state index contributed by atoms with van der Waals surface area (Å²) in [5.74, 6) is 0.599. The topological polar surface area (TPSA) is 43.4 Å². The van der Waals surface area contributed by atoms with Crippen LogP contribution in [0.15, 0.2) is 12.1 Å². The van der Waals surface area contributed by atoms with Crippen LogP contribution in [0.1, 0.15) is 38.8 Å². The van der Waals surface area contributed by atoms with E-state index in [0.717, 1.165) is 38.1 Å². The van der Waals surface area contributed by atoms with E-state index in [4.69, 9.17) is 21.1 Å². The van der Waals surface area contributed by atoms with Gasteiger partial charge in [0.15, 0.2) is 0 Å². The van der Waals surface area contributed by atoms with Gasteiger partial charge in [-0.25, -0.2) is 4.98 Å². The molecule has 0 unspecified atom stereocenters. The van der Waals surface area contributed by atoms with Crippen LogP contribution in [-0.4, -0.2) is 31.3 Å². The second kappa shape index (κ2) is 10.9. The van der Waals surface area contributed by atoms with Crippen LogP contribution in [0.5, 0.6) is 5.88 Å². The molecule has 0 aliphatic carbocycles. The van der Waals surface area contributed by atoms with E-state index in [0.29, 0.717) is 30.7 Å². The van der Waals surface area contributed by atoms with E-state index in [9.17, 15) is 0 Å². The van der Waals surface area contributed by atoms with Crippen LogP contribution in [0, 0.1) is 0 Å². The molecule has 0 amide bonds. The predicted molar refractivity (Wildman–Crippen MR) is 82.5 cm³/mol. The lowest BCUT2D eigenvalue weighted by molar-refractivity contribution is 0.0964. The molecule has 1 aromatic heterocycles. The molecule has 4 nitrogen and oxygen atoms in total. The average Bonchev–Trinajstić information content (AvgIpc) is 2.46. The van der Waals surface area contributed by atoms with Gasteiger partial charge in [0.05, 0.1) is 17.3 Å². The van der Waals surface area contributed by atoms with E-state index < -0.39 is 0 Å². The zero-order valence-electron chi connectivity index (χ0n) is 12.5. The van der Waals surface area contributed by atoms with Crippen molar-refractivity contribution in [1.82, 2.24) is 10.3 Å². The first-order valence-corrected chi connectivity index (χ1v) is 7.72. The maximum Gasteiger partial charge on any atom is 0.213 e. The summed E-state index contributed by atoms with van der Waals surface area (Å²) in [5.41, 5.74) is 0.824. The lowest BCUT2D eigenvalue weighted by Crippen LogP contribution is -2.15. The summed E-state index contributed by atoms with van der Waals surface area (Å²) in [6, 6.07) is 3.61. The summed E-state index contributed by atoms with van der Waals surface area (Å²) in [7, 11) is 0. The van der Waals surface area contributed by atoms with E-state index in [1.165, 1.54) is 0 Å². The Balaban J connectivity index is 2.32. The normalized spacial score (nSPS) is 10.8. The number of rotatable bonds is 11. The molecule has 1 N–H and O–H groups in total. The van der Waals surface area contributed by atoms with Gasteiger partial charge >= 0.3 is 0 Å². The van der Waals surface area contributed by atoms with Crippen molar-refractivity contribution < 1.29 is 9.47 Å². The van der Waals surface area contributed by atoms with E-state index in [1.807, 2.05) is 6.07 Å². The predicted octanol–water partition coefficient (Wildman–Crippen LogP) is 3.43. The summed E-state index contributed by atoms with van der Waals surface area (Å²) in [4.78, 5) is 4.41. The number of aromatic nitrogens is 1. The third-order valence-corrected chi connectivity index (χ3v) is 3.08. The maximum absolute atomic E-state index is 6.11. The van der Waals surface area contributed by atoms with Crippen LogP contribution < -0.4 is 10.1 Å². The smallest absolute Gasteiger partial charge is 0.213 e. The number of unbranched alkanes of at least 4 members (excludes halogenated alkanes) is 1. The van der Waals surface area contributed by atoms with E-state index in [-0.39, 0.29) is 0 Å². The highest BCUT2D eigenvalue weighted by molar-refractivity contribution is 6.31. The molecule has 0 aromatic carbocycles. The molecule has 0 aliphatic rings. The molecule has 0 atom stereocenters. The monoisotopic (exact) mass is 300 g/mol. The fourth-order valence-electron chi connectivity index (χ4n) is 1.61. The van der Waals surface area contributed by atoms with Gasteiger partial charge in [-0.15, -0.1) is 0 Å². The largest absolute Gasteiger partial charge is 0.475 e. The fourth-order valence-corrected chi connectivity index (χ4v) is 1.78. The van der Waals surface area contributed by atoms with Crippen LogP contribution in [-0.2, 0) is 11.3 Å². The Kier molecular flexibility index (Phi) is 9.37. The Morgan fingerprint density at radius 2 is 2.00 bits per heavy atom. The summed E-state index contributed by atoms with van der Waals surface area (Å²) in [6.07, 6.45) is 3.32. The first-order valence-electron chi connectivity index (χ1n) is 7.34. The molecule has 1 rings (SSSR count). The standard InChI is InChI=1S/C15H25ClN2O2/c1-3-5-9-19-10-11-20-15-7-6-13(16)14(18-15)12-17-8-4-2/h6-7,17H,3-5,8-12H2,1-2H3. The van der Waals surface area contributed by atoms with Crippen LogP contribution in [0.25, 0.3) is 0 Å². The SMILES string of the molecule is CCCCOCCOc1ccc(Cl)c(CNCCC)n1. The molecule has 0 spiro atoms. The zero-order valence-corrected chi connectivity index (χ0v) is 13.2. The minimum Gasteiger partial charge on any atom is -0.475 e. The van der Waals surface area contributed by atoms with Crippen LogP contribution in [0.2, 0.25) is 5.02 Å². The van der Waals surface area contributed by atoms with Crippen molar-refractivity contribution in [1.29, 1.82) is 0 Å². The molecule has 20 heavy (non-hydrogen) atoms. The molecular weight excluding hydrogens is 276 g/mol. The minimum atomic E-state index is 0.514. The van der Waals surface area contributed by atoms with Crippen molar-refractivity contribution in [2.24, 2.45) is 0 Å². The van der Waals surface area contributed by atoms with Crippen molar-refractivity contribution in [3.8, 4) is 5.88 Å². The molecule has 114 valence electrons. The molecule has 0 fully saturated rings. The summed E-state index contributed by atoms with van der Waals surface area (Å²) in [6.45, 7) is 7.78. The molecule has 0 aliphatic heterocycles. The highest BCUT2D eigenvalue weighted by atomic mass is 35.5. The molecule has 1 aromatic rings. The van der Waals surface area contributed by atoms with Gasteiger partial charge in [0, 0.05) is 19.2 Å². The zero-order chi connectivity index (χ0) is 14.6. The first-order chi connectivity index (χ1) is 9.77. The van der Waals surface area contributed by atoms with Crippen LogP contribution >= 0.6 is 11.6 Å². The van der Waals surface area contributed by atoms with Crippen molar-refractivity contribution in [3.63, 3.8) is 0 Å². The van der Waals surface area contributed by atoms with Crippen molar-refractivity contribution in [3.05, 3.63) is 22.8 Å². The Hall–Kier alpha value is -0.840. The minimum absolute atomic E-state index is 0.514. The third kappa shape index (κ3) is 7.08. The Morgan fingerprint density at radius 3 is 2.75 bits per heavy atom. The third-order valence-electron chi connectivity index (χ3n) is 2.73. The molecule has 0 radical (unpaired) electrons. The first kappa shape index (κ1) is 17.2. The van der Waals surface area contributed by atoms with Crippen molar-refractivity contribution in [2.45, 2.75) is 39.7 Å². The number of nitrogens with one attached hydrogen (secondary N) is 1. The van der Waals surface area contributed by atoms with Gasteiger partial charge in [-0.05, 0) is 25.5 Å². The van der Waals surface area contributed by atoms with Gasteiger partial charge < -0.3 is 14.8 Å². The second-order valence-electron chi connectivity index (χ2n) is 4.57. The van der Waals surface area contributed by atoms with E-state index >= 15 is 0 Å². The number of hydrogen-bond acceptors (Lipinski definition) is 4. The second-order valence-corrected chi connectivity index (χ2v) is 4.98. The van der Waals surface area contributed by atoms with Gasteiger partial charge in [-0.2, -0.15) is 0 Å². The van der Waals surface area contributed by atoms with E-state index in [1.54, 1.807) is 6.07 Å². The number of nitrogens with zero attached hydrogens (tertiary/aromatic N) is 1. The highest BCUT2D eigenvalue weighted by Crippen LogP contribution is 2.17. The Morgan fingerprint density at radius 1 is 1.15 bits per heavy atom. The van der Waals surface area contributed by atoms with Gasteiger partial charge in [-0.3, -0.25) is 0 Å². The highest BCUT2D eigenvalue weighted by Gasteiger charge is 2.04. The van der Waals surface area contributed by atoms with Crippen LogP contribution in [0.3, 0.4) is 0 Å². The lowest BCUT2D eigenvalue weighted by atomic mass is 10.3. The van der Waals surface area contributed by atoms with Crippen molar-refractivity contribution >= 4 is 11.6 Å². The number of ether oxygens (including phenoxy) is 2. The maximum atomic E-state index is 6.11. The fraction of sp³-hybridized carbons (Fsp3) is 0.667. The Bertz CT molecular complexity index is 375. The molecular formula is C15H25ClN2O2. The van der Waals surface area contributed by atoms with Gasteiger partial charge in [0.1, 0.15) is 6.61 Å². The van der Waals surface area contributed by atoms with Crippen molar-refractivity contribution in [2.75, 3.05) is 26.4 Å². The summed E-state index contributed by atoms with van der Waals surface area (Å²) in [5, 5.41) is 3.95.